The summed E-state index contributed by atoms with van der Waals surface area (Å²) < 4.78 is 13.3. The molecule has 0 fully saturated rings. The van der Waals surface area contributed by atoms with Gasteiger partial charge in [0.25, 0.3) is 0 Å². The minimum absolute atomic E-state index is 0.132. The molecule has 0 unspecified atom stereocenters. The van der Waals surface area contributed by atoms with Crippen molar-refractivity contribution in [1.82, 2.24) is 0 Å². The highest BCUT2D eigenvalue weighted by molar-refractivity contribution is 6.55. The van der Waals surface area contributed by atoms with Gasteiger partial charge in [-0.1, -0.05) is 42.6 Å². The topological polar surface area (TPSA) is 0 Å². The summed E-state index contributed by atoms with van der Waals surface area (Å²) in [6.45, 7) is 2.08. The van der Waals surface area contributed by atoms with Crippen molar-refractivity contribution < 1.29 is 4.39 Å². The number of benzene rings is 2. The summed E-state index contributed by atoms with van der Waals surface area (Å²) in [7, 11) is 0.945. The monoisotopic (exact) mass is 172 g/mol. The average molecular weight is 172 g/mol. The van der Waals surface area contributed by atoms with Gasteiger partial charge in [-0.25, -0.2) is 4.39 Å². The van der Waals surface area contributed by atoms with Crippen LogP contribution >= 0.6 is 0 Å². The molecule has 2 aromatic rings. The van der Waals surface area contributed by atoms with Crippen LogP contribution in [0.2, 0.25) is 6.82 Å². The predicted octanol–water partition coefficient (Wildman–Crippen LogP) is 2.09. The third kappa shape index (κ3) is 1.33. The quantitative estimate of drug-likeness (QED) is 0.577. The lowest BCUT2D eigenvalue weighted by atomic mass is 9.71. The number of halogens is 1. The molecule has 0 radical (unpaired) electrons. The number of rotatable bonds is 1. The van der Waals surface area contributed by atoms with E-state index >= 15 is 0 Å². The van der Waals surface area contributed by atoms with Gasteiger partial charge in [-0.15, -0.1) is 0 Å². The van der Waals surface area contributed by atoms with Crippen LogP contribution in [-0.4, -0.2) is 7.28 Å². The van der Waals surface area contributed by atoms with E-state index in [1.54, 1.807) is 6.07 Å². The Morgan fingerprint density at radius 3 is 2.38 bits per heavy atom. The molecule has 0 N–H and O–H groups in total. The zero-order chi connectivity index (χ0) is 9.26. The third-order valence-corrected chi connectivity index (χ3v) is 2.34. The second-order valence-electron chi connectivity index (χ2n) is 3.11. The van der Waals surface area contributed by atoms with Crippen LogP contribution in [0.1, 0.15) is 0 Å². The maximum atomic E-state index is 13.3. The van der Waals surface area contributed by atoms with E-state index in [0.717, 1.165) is 18.1 Å². The van der Waals surface area contributed by atoms with E-state index in [0.29, 0.717) is 0 Å². The van der Waals surface area contributed by atoms with E-state index in [1.165, 1.54) is 5.46 Å². The Bertz CT molecular complexity index is 437. The first-order valence-electron chi connectivity index (χ1n) is 4.49. The van der Waals surface area contributed by atoms with E-state index in [9.17, 15) is 4.39 Å². The minimum Gasteiger partial charge on any atom is -0.206 e. The first kappa shape index (κ1) is 8.30. The van der Waals surface area contributed by atoms with Crippen LogP contribution in [0.25, 0.3) is 10.8 Å². The largest absolute Gasteiger partial charge is 0.206 e. The summed E-state index contributed by atoms with van der Waals surface area (Å²) in [6, 6.07) is 11.0. The van der Waals surface area contributed by atoms with Crippen LogP contribution in [0.4, 0.5) is 4.39 Å². The molecule has 0 aliphatic heterocycles. The van der Waals surface area contributed by atoms with Gasteiger partial charge in [0.15, 0.2) is 7.28 Å². The number of hydrogen-bond acceptors (Lipinski definition) is 0. The zero-order valence-corrected chi connectivity index (χ0v) is 7.55. The molecule has 2 heteroatoms. The smallest absolute Gasteiger partial charge is 0.155 e. The molecular formula is C11H10BF. The molecule has 0 heterocycles. The lowest BCUT2D eigenvalue weighted by molar-refractivity contribution is 0.640. The third-order valence-electron chi connectivity index (χ3n) is 2.34. The Hall–Kier alpha value is -1.31. The normalized spacial score (nSPS) is 10.3. The van der Waals surface area contributed by atoms with E-state index < -0.39 is 0 Å². The molecule has 13 heavy (non-hydrogen) atoms. The standard InChI is InChI=1S/C11H10BF/c1-12-10-6-7-11(13)9-5-3-2-4-8(9)10/h2-7,12H,1H3. The predicted molar refractivity (Wildman–Crippen MR) is 56.6 cm³/mol. The molecule has 64 valence electrons. The summed E-state index contributed by atoms with van der Waals surface area (Å²) in [5.41, 5.74) is 1.21. The number of hydrogen-bond donors (Lipinski definition) is 0. The van der Waals surface area contributed by atoms with Crippen molar-refractivity contribution in [1.29, 1.82) is 0 Å². The van der Waals surface area contributed by atoms with Crippen molar-refractivity contribution in [2.24, 2.45) is 0 Å². The molecule has 2 aromatic carbocycles. The Balaban J connectivity index is 2.84. The van der Waals surface area contributed by atoms with Crippen LogP contribution in [-0.2, 0) is 0 Å². The summed E-state index contributed by atoms with van der Waals surface area (Å²) >= 11 is 0. The molecule has 0 aliphatic rings. The molecule has 0 bridgehead atoms. The van der Waals surface area contributed by atoms with Crippen LogP contribution in [0.3, 0.4) is 0 Å². The summed E-state index contributed by atoms with van der Waals surface area (Å²) in [4.78, 5) is 0. The van der Waals surface area contributed by atoms with Gasteiger partial charge in [0.1, 0.15) is 5.82 Å². The van der Waals surface area contributed by atoms with E-state index in [1.807, 2.05) is 30.3 Å². The first-order chi connectivity index (χ1) is 6.33. The van der Waals surface area contributed by atoms with Crippen molar-refractivity contribution in [2.75, 3.05) is 0 Å². The van der Waals surface area contributed by atoms with E-state index in [-0.39, 0.29) is 5.82 Å². The fraction of sp³-hybridized carbons (Fsp3) is 0.0909. The molecule has 0 atom stereocenters. The number of fused-ring (bicyclic) bond motifs is 1. The molecule has 0 spiro atoms. The molecule has 2 rings (SSSR count). The highest BCUT2D eigenvalue weighted by Crippen LogP contribution is 2.14. The highest BCUT2D eigenvalue weighted by atomic mass is 19.1. The van der Waals surface area contributed by atoms with Crippen molar-refractivity contribution in [3.63, 3.8) is 0 Å². The molecule has 0 saturated carbocycles. The second kappa shape index (κ2) is 3.21. The van der Waals surface area contributed by atoms with E-state index in [4.69, 9.17) is 0 Å². The molecular weight excluding hydrogens is 162 g/mol. The average Bonchev–Trinajstić information content (AvgIpc) is 2.19. The lowest BCUT2D eigenvalue weighted by Gasteiger charge is -2.03. The second-order valence-corrected chi connectivity index (χ2v) is 3.11. The van der Waals surface area contributed by atoms with Gasteiger partial charge in [0.2, 0.25) is 0 Å². The molecule has 0 nitrogen and oxygen atoms in total. The van der Waals surface area contributed by atoms with Gasteiger partial charge in [-0.05, 0) is 11.5 Å². The summed E-state index contributed by atoms with van der Waals surface area (Å²) in [5.74, 6) is -0.132. The zero-order valence-electron chi connectivity index (χ0n) is 7.55. The maximum Gasteiger partial charge on any atom is 0.155 e. The fourth-order valence-corrected chi connectivity index (χ4v) is 1.63. The molecule has 0 amide bonds. The molecule has 0 saturated heterocycles. The van der Waals surface area contributed by atoms with Crippen molar-refractivity contribution >= 4 is 23.5 Å². The van der Waals surface area contributed by atoms with Crippen LogP contribution < -0.4 is 5.46 Å². The van der Waals surface area contributed by atoms with Gasteiger partial charge in [-0.2, -0.15) is 0 Å². The van der Waals surface area contributed by atoms with E-state index in [2.05, 4.69) is 6.82 Å². The summed E-state index contributed by atoms with van der Waals surface area (Å²) in [6.07, 6.45) is 0. The van der Waals surface area contributed by atoms with Crippen LogP contribution in [0, 0.1) is 5.82 Å². The Morgan fingerprint density at radius 1 is 1.00 bits per heavy atom. The van der Waals surface area contributed by atoms with Gasteiger partial charge < -0.3 is 0 Å². The van der Waals surface area contributed by atoms with Crippen LogP contribution in [0.15, 0.2) is 36.4 Å². The van der Waals surface area contributed by atoms with Gasteiger partial charge in [0, 0.05) is 5.39 Å². The molecule has 0 aliphatic carbocycles. The fourth-order valence-electron chi connectivity index (χ4n) is 1.63. The van der Waals surface area contributed by atoms with Gasteiger partial charge >= 0.3 is 0 Å². The SMILES string of the molecule is CBc1ccc(F)c2ccccc12. The Labute approximate surface area is 77.6 Å². The van der Waals surface area contributed by atoms with Crippen molar-refractivity contribution in [2.45, 2.75) is 6.82 Å². The van der Waals surface area contributed by atoms with Crippen molar-refractivity contribution in [3.8, 4) is 0 Å². The Morgan fingerprint density at radius 2 is 1.69 bits per heavy atom. The Kier molecular flexibility index (Phi) is 2.05. The minimum atomic E-state index is -0.132. The highest BCUT2D eigenvalue weighted by Gasteiger charge is 2.02. The summed E-state index contributed by atoms with van der Waals surface area (Å²) in [5, 5.41) is 1.76. The van der Waals surface area contributed by atoms with Crippen molar-refractivity contribution in [3.05, 3.63) is 42.2 Å². The maximum absolute atomic E-state index is 13.3. The van der Waals surface area contributed by atoms with Crippen LogP contribution in [0.5, 0.6) is 0 Å². The van der Waals surface area contributed by atoms with Gasteiger partial charge in [0.05, 0.1) is 0 Å². The lowest BCUT2D eigenvalue weighted by Crippen LogP contribution is -2.11. The van der Waals surface area contributed by atoms with Gasteiger partial charge in [-0.3, -0.25) is 0 Å². The molecule has 0 aromatic heterocycles. The first-order valence-corrected chi connectivity index (χ1v) is 4.49.